The quantitative estimate of drug-likeness (QED) is 0.747. The van der Waals surface area contributed by atoms with E-state index in [0.29, 0.717) is 12.3 Å². The maximum Gasteiger partial charge on any atom is 0.253 e. The summed E-state index contributed by atoms with van der Waals surface area (Å²) in [5.41, 5.74) is 4.29. The van der Waals surface area contributed by atoms with Crippen molar-refractivity contribution >= 4 is 17.5 Å². The fourth-order valence-corrected chi connectivity index (χ4v) is 4.96. The van der Waals surface area contributed by atoms with Crippen molar-refractivity contribution in [3.05, 3.63) is 59.4 Å². The number of fused-ring (bicyclic) bond motifs is 1. The molecular weight excluding hydrogens is 400 g/mol. The monoisotopic (exact) mass is 434 g/mol. The zero-order valence-corrected chi connectivity index (χ0v) is 19.4. The maximum atomic E-state index is 13.2. The molecule has 1 aromatic heterocycles. The lowest BCUT2D eigenvalue weighted by Crippen LogP contribution is -2.45. The Bertz CT molecular complexity index is 952. The SMILES string of the molecule is CC(C)CC(=O)NC1CCc2cc(C(=O)N(C)C3CCN(c4ccncc4)CC3)ccc21. The number of benzene rings is 1. The van der Waals surface area contributed by atoms with Gasteiger partial charge in [0.2, 0.25) is 5.91 Å². The van der Waals surface area contributed by atoms with E-state index >= 15 is 0 Å². The third-order valence-corrected chi connectivity index (χ3v) is 6.76. The van der Waals surface area contributed by atoms with Crippen molar-refractivity contribution in [3.63, 3.8) is 0 Å². The van der Waals surface area contributed by atoms with Gasteiger partial charge in [-0.2, -0.15) is 0 Å². The minimum atomic E-state index is 0.0654. The molecule has 1 atom stereocenters. The minimum absolute atomic E-state index is 0.0654. The normalized spacial score (nSPS) is 18.5. The van der Waals surface area contributed by atoms with Crippen molar-refractivity contribution in [1.29, 1.82) is 0 Å². The van der Waals surface area contributed by atoms with Crippen LogP contribution >= 0.6 is 0 Å². The number of nitrogens with one attached hydrogen (secondary N) is 1. The van der Waals surface area contributed by atoms with Crippen molar-refractivity contribution in [2.45, 2.75) is 58.0 Å². The first-order valence-corrected chi connectivity index (χ1v) is 11.8. The van der Waals surface area contributed by atoms with Crippen molar-refractivity contribution in [3.8, 4) is 0 Å². The lowest BCUT2D eigenvalue weighted by Gasteiger charge is -2.37. The Morgan fingerprint density at radius 1 is 1.12 bits per heavy atom. The van der Waals surface area contributed by atoms with Crippen molar-refractivity contribution in [2.24, 2.45) is 5.92 Å². The summed E-state index contributed by atoms with van der Waals surface area (Å²) in [7, 11) is 1.93. The van der Waals surface area contributed by atoms with E-state index in [4.69, 9.17) is 0 Å². The van der Waals surface area contributed by atoms with Gasteiger partial charge in [0.1, 0.15) is 0 Å². The Balaban J connectivity index is 1.36. The Hall–Kier alpha value is -2.89. The van der Waals surface area contributed by atoms with Gasteiger partial charge in [0.15, 0.2) is 0 Å². The largest absolute Gasteiger partial charge is 0.371 e. The standard InChI is InChI=1S/C26H34N4O2/c1-18(2)16-25(31)28-24-7-5-19-17-20(4-6-23(19)24)26(32)29(3)21-10-14-30(15-11-21)22-8-12-27-13-9-22/h4,6,8-9,12-13,17-18,21,24H,5,7,10-11,14-16H2,1-3H3,(H,28,31). The summed E-state index contributed by atoms with van der Waals surface area (Å²) in [6, 6.07) is 10.4. The Morgan fingerprint density at radius 2 is 1.84 bits per heavy atom. The van der Waals surface area contributed by atoms with Crippen LogP contribution in [0.5, 0.6) is 0 Å². The number of hydrogen-bond donors (Lipinski definition) is 1. The molecule has 0 radical (unpaired) electrons. The summed E-state index contributed by atoms with van der Waals surface area (Å²) in [6.45, 7) is 5.99. The number of aromatic nitrogens is 1. The molecule has 0 saturated carbocycles. The van der Waals surface area contributed by atoms with Crippen LogP contribution in [0.25, 0.3) is 0 Å². The molecule has 1 N–H and O–H groups in total. The number of amides is 2. The van der Waals surface area contributed by atoms with Crippen molar-refractivity contribution in [2.75, 3.05) is 25.0 Å². The molecule has 1 unspecified atom stereocenters. The van der Waals surface area contributed by atoms with Gasteiger partial charge in [0, 0.05) is 56.2 Å². The third kappa shape index (κ3) is 4.95. The smallest absolute Gasteiger partial charge is 0.253 e. The molecule has 2 heterocycles. The van der Waals surface area contributed by atoms with E-state index in [2.05, 4.69) is 29.0 Å². The second kappa shape index (κ2) is 9.72. The summed E-state index contributed by atoms with van der Waals surface area (Å²) in [4.78, 5) is 33.8. The van der Waals surface area contributed by atoms with Crippen LogP contribution in [0.1, 0.15) is 67.1 Å². The lowest BCUT2D eigenvalue weighted by atomic mass is 10.0. The van der Waals surface area contributed by atoms with Crippen LogP contribution < -0.4 is 10.2 Å². The van der Waals surface area contributed by atoms with Gasteiger partial charge in [0.05, 0.1) is 6.04 Å². The summed E-state index contributed by atoms with van der Waals surface area (Å²) >= 11 is 0. The fourth-order valence-electron chi connectivity index (χ4n) is 4.96. The zero-order chi connectivity index (χ0) is 22.7. The van der Waals surface area contributed by atoms with Crippen LogP contribution in [0.15, 0.2) is 42.7 Å². The Kier molecular flexibility index (Phi) is 6.77. The van der Waals surface area contributed by atoms with E-state index in [1.165, 1.54) is 11.3 Å². The molecule has 1 aromatic carbocycles. The van der Waals surface area contributed by atoms with Crippen LogP contribution in [-0.4, -0.2) is 47.9 Å². The minimum Gasteiger partial charge on any atom is -0.371 e. The van der Waals surface area contributed by atoms with Gasteiger partial charge in [-0.3, -0.25) is 14.6 Å². The molecule has 2 amide bonds. The van der Waals surface area contributed by atoms with E-state index in [0.717, 1.165) is 49.9 Å². The Morgan fingerprint density at radius 3 is 2.53 bits per heavy atom. The van der Waals surface area contributed by atoms with Gasteiger partial charge in [-0.1, -0.05) is 19.9 Å². The number of anilines is 1. The van der Waals surface area contributed by atoms with Gasteiger partial charge in [-0.25, -0.2) is 0 Å². The maximum absolute atomic E-state index is 13.2. The topological polar surface area (TPSA) is 65.5 Å². The highest BCUT2D eigenvalue weighted by Gasteiger charge is 2.28. The number of aryl methyl sites for hydroxylation is 1. The predicted molar refractivity (Wildman–Crippen MR) is 127 cm³/mol. The third-order valence-electron chi connectivity index (χ3n) is 6.76. The average molecular weight is 435 g/mol. The van der Waals surface area contributed by atoms with Crippen LogP contribution in [-0.2, 0) is 11.2 Å². The highest BCUT2D eigenvalue weighted by molar-refractivity contribution is 5.94. The molecule has 0 spiro atoms. The van der Waals surface area contributed by atoms with E-state index < -0.39 is 0 Å². The first-order chi connectivity index (χ1) is 15.4. The first kappa shape index (κ1) is 22.3. The van der Waals surface area contributed by atoms with Crippen molar-refractivity contribution in [1.82, 2.24) is 15.2 Å². The summed E-state index contributed by atoms with van der Waals surface area (Å²) in [6.07, 6.45) is 7.92. The average Bonchev–Trinajstić information content (AvgIpc) is 3.20. The van der Waals surface area contributed by atoms with Gasteiger partial charge in [-0.15, -0.1) is 0 Å². The number of hydrogen-bond acceptors (Lipinski definition) is 4. The van der Waals surface area contributed by atoms with Crippen LogP contribution in [0.4, 0.5) is 5.69 Å². The Labute approximate surface area is 191 Å². The second-order valence-corrected chi connectivity index (χ2v) is 9.51. The molecule has 4 rings (SSSR count). The second-order valence-electron chi connectivity index (χ2n) is 9.51. The predicted octanol–water partition coefficient (Wildman–Crippen LogP) is 3.97. The molecule has 2 aliphatic rings. The molecule has 1 aliphatic heterocycles. The van der Waals surface area contributed by atoms with Gasteiger partial charge >= 0.3 is 0 Å². The first-order valence-electron chi connectivity index (χ1n) is 11.8. The zero-order valence-electron chi connectivity index (χ0n) is 19.4. The van der Waals surface area contributed by atoms with Crippen LogP contribution in [0.2, 0.25) is 0 Å². The number of rotatable bonds is 6. The van der Waals surface area contributed by atoms with Gasteiger partial charge in [-0.05, 0) is 67.0 Å². The molecule has 170 valence electrons. The molecule has 1 saturated heterocycles. The number of nitrogens with zero attached hydrogens (tertiary/aromatic N) is 3. The molecule has 6 nitrogen and oxygen atoms in total. The lowest BCUT2D eigenvalue weighted by molar-refractivity contribution is -0.122. The van der Waals surface area contributed by atoms with E-state index in [9.17, 15) is 9.59 Å². The van der Waals surface area contributed by atoms with Gasteiger partial charge in [0.25, 0.3) is 5.91 Å². The highest BCUT2D eigenvalue weighted by Crippen LogP contribution is 2.32. The van der Waals surface area contributed by atoms with Gasteiger partial charge < -0.3 is 15.1 Å². The molecule has 1 fully saturated rings. The van der Waals surface area contributed by atoms with E-state index in [1.54, 1.807) is 0 Å². The summed E-state index contributed by atoms with van der Waals surface area (Å²) < 4.78 is 0. The van der Waals surface area contributed by atoms with Crippen LogP contribution in [0, 0.1) is 5.92 Å². The number of carbonyl (C=O) groups excluding carboxylic acids is 2. The number of pyridine rings is 1. The van der Waals surface area contributed by atoms with Crippen LogP contribution in [0.3, 0.4) is 0 Å². The molecule has 1 aliphatic carbocycles. The van der Waals surface area contributed by atoms with E-state index in [1.807, 2.05) is 54.7 Å². The fraction of sp³-hybridized carbons (Fsp3) is 0.500. The molecule has 6 heteroatoms. The molecule has 0 bridgehead atoms. The summed E-state index contributed by atoms with van der Waals surface area (Å²) in [5.74, 6) is 0.543. The summed E-state index contributed by atoms with van der Waals surface area (Å²) in [5, 5.41) is 3.16. The van der Waals surface area contributed by atoms with Crippen molar-refractivity contribution < 1.29 is 9.59 Å². The molecule has 32 heavy (non-hydrogen) atoms. The number of carbonyl (C=O) groups is 2. The molecule has 2 aromatic rings. The van der Waals surface area contributed by atoms with E-state index in [-0.39, 0.29) is 23.9 Å². The molecular formula is C26H34N4O2. The number of piperidine rings is 1. The highest BCUT2D eigenvalue weighted by atomic mass is 16.2.